The molecule has 0 unspecified atom stereocenters. The number of hydrogen-bond donors (Lipinski definition) is 3. The van der Waals surface area contributed by atoms with Crippen molar-refractivity contribution in [3.63, 3.8) is 0 Å². The molecule has 0 spiro atoms. The first kappa shape index (κ1) is 21.9. The number of alkyl halides is 3. The third-order valence-corrected chi connectivity index (χ3v) is 5.38. The van der Waals surface area contributed by atoms with Crippen LogP contribution in [0.3, 0.4) is 0 Å². The normalized spacial score (nSPS) is 14.1. The molecule has 0 bridgehead atoms. The number of aromatic nitrogens is 2. The first-order chi connectivity index (χ1) is 14.1. The Balaban J connectivity index is 1.86. The van der Waals surface area contributed by atoms with Gasteiger partial charge in [-0.1, -0.05) is 0 Å². The summed E-state index contributed by atoms with van der Waals surface area (Å²) in [6.07, 6.45) is -2.34. The van der Waals surface area contributed by atoms with Crippen LogP contribution in [-0.2, 0) is 16.2 Å². The van der Waals surface area contributed by atoms with Crippen molar-refractivity contribution in [1.29, 1.82) is 0 Å². The lowest BCUT2D eigenvalue weighted by atomic mass is 10.2. The predicted molar refractivity (Wildman–Crippen MR) is 107 cm³/mol. The van der Waals surface area contributed by atoms with E-state index in [0.29, 0.717) is 36.3 Å². The van der Waals surface area contributed by atoms with E-state index >= 15 is 0 Å². The van der Waals surface area contributed by atoms with Crippen molar-refractivity contribution in [3.05, 3.63) is 30.0 Å². The van der Waals surface area contributed by atoms with E-state index in [0.717, 1.165) is 6.26 Å². The van der Waals surface area contributed by atoms with Crippen LogP contribution in [0.25, 0.3) is 0 Å². The molecule has 13 heteroatoms. The van der Waals surface area contributed by atoms with Crippen molar-refractivity contribution in [2.75, 3.05) is 47.4 Å². The topological polar surface area (TPSA) is 122 Å². The fourth-order valence-corrected chi connectivity index (χ4v) is 3.75. The minimum absolute atomic E-state index is 0.0611. The highest BCUT2D eigenvalue weighted by Gasteiger charge is 2.35. The molecule has 0 atom stereocenters. The molecule has 0 saturated carbocycles. The summed E-state index contributed by atoms with van der Waals surface area (Å²) in [6, 6.07) is 4.64. The van der Waals surface area contributed by atoms with E-state index in [1.54, 1.807) is 12.1 Å². The maximum Gasteiger partial charge on any atom is 0.421 e. The molecule has 1 aromatic carbocycles. The standard InChI is InChI=1S/C17H21F3N6O3S/c1-30(27,28)26-7-8-29-14-9-11(3-4-13(14)26)24-16-23-10-12(17(18,19)20)15(25-16)22-6-2-5-21/h3-4,9-10H,2,5-8,21H2,1H3,(H2,22,23,24,25). The molecule has 2 aromatic rings. The van der Waals surface area contributed by atoms with Gasteiger partial charge >= 0.3 is 6.18 Å². The lowest BCUT2D eigenvalue weighted by molar-refractivity contribution is -0.137. The van der Waals surface area contributed by atoms with Crippen LogP contribution in [0.1, 0.15) is 12.0 Å². The predicted octanol–water partition coefficient (Wildman–Crippen LogP) is 2.16. The fourth-order valence-electron chi connectivity index (χ4n) is 2.84. The molecule has 4 N–H and O–H groups in total. The molecule has 1 aliphatic heterocycles. The van der Waals surface area contributed by atoms with Crippen LogP contribution in [0, 0.1) is 0 Å². The van der Waals surface area contributed by atoms with E-state index in [1.807, 2.05) is 0 Å². The molecule has 0 amide bonds. The van der Waals surface area contributed by atoms with Gasteiger partial charge in [-0.2, -0.15) is 18.2 Å². The SMILES string of the molecule is CS(=O)(=O)N1CCOc2cc(Nc3ncc(C(F)(F)F)c(NCCCN)n3)ccc21. The van der Waals surface area contributed by atoms with Crippen LogP contribution in [0.4, 0.5) is 36.3 Å². The molecular weight excluding hydrogens is 425 g/mol. The maximum atomic E-state index is 13.2. The van der Waals surface area contributed by atoms with E-state index in [1.165, 1.54) is 10.4 Å². The van der Waals surface area contributed by atoms with Gasteiger partial charge in [0.25, 0.3) is 0 Å². The third-order valence-electron chi connectivity index (χ3n) is 4.20. The van der Waals surface area contributed by atoms with Gasteiger partial charge in [0.1, 0.15) is 23.7 Å². The number of fused-ring (bicyclic) bond motifs is 1. The summed E-state index contributed by atoms with van der Waals surface area (Å²) in [5.41, 5.74) is 5.21. The van der Waals surface area contributed by atoms with E-state index < -0.39 is 21.8 Å². The zero-order valence-corrected chi connectivity index (χ0v) is 16.8. The van der Waals surface area contributed by atoms with Crippen LogP contribution in [0.2, 0.25) is 0 Å². The lowest BCUT2D eigenvalue weighted by Gasteiger charge is -2.29. The fraction of sp³-hybridized carbons (Fsp3) is 0.412. The summed E-state index contributed by atoms with van der Waals surface area (Å²) in [7, 11) is -3.46. The molecule has 164 valence electrons. The molecule has 0 aliphatic carbocycles. The third kappa shape index (κ3) is 5.02. The second kappa shape index (κ2) is 8.52. The number of nitrogens with two attached hydrogens (primary N) is 1. The van der Waals surface area contributed by atoms with Crippen LogP contribution in [-0.4, -0.2) is 50.9 Å². The van der Waals surface area contributed by atoms with Crippen LogP contribution in [0.5, 0.6) is 5.75 Å². The van der Waals surface area contributed by atoms with Crippen molar-refractivity contribution < 1.29 is 26.3 Å². The van der Waals surface area contributed by atoms with Crippen LogP contribution in [0.15, 0.2) is 24.4 Å². The molecule has 30 heavy (non-hydrogen) atoms. The number of hydrogen-bond acceptors (Lipinski definition) is 8. The highest BCUT2D eigenvalue weighted by Crippen LogP contribution is 2.37. The van der Waals surface area contributed by atoms with Gasteiger partial charge in [-0.15, -0.1) is 0 Å². The highest BCUT2D eigenvalue weighted by molar-refractivity contribution is 7.92. The van der Waals surface area contributed by atoms with Gasteiger partial charge in [0.05, 0.1) is 18.5 Å². The van der Waals surface area contributed by atoms with Crippen molar-refractivity contribution >= 4 is 33.2 Å². The Morgan fingerprint density at radius 2 is 2.10 bits per heavy atom. The molecule has 0 fully saturated rings. The molecule has 3 rings (SSSR count). The molecule has 1 aliphatic rings. The van der Waals surface area contributed by atoms with Crippen molar-refractivity contribution in [3.8, 4) is 5.75 Å². The Morgan fingerprint density at radius 3 is 2.77 bits per heavy atom. The van der Waals surface area contributed by atoms with E-state index in [2.05, 4.69) is 20.6 Å². The second-order valence-corrected chi connectivity index (χ2v) is 8.42. The highest BCUT2D eigenvalue weighted by atomic mass is 32.2. The van der Waals surface area contributed by atoms with Gasteiger partial charge < -0.3 is 21.1 Å². The number of nitrogens with zero attached hydrogens (tertiary/aromatic N) is 3. The first-order valence-corrected chi connectivity index (χ1v) is 10.8. The van der Waals surface area contributed by atoms with Crippen molar-refractivity contribution in [2.45, 2.75) is 12.6 Å². The average molecular weight is 446 g/mol. The van der Waals surface area contributed by atoms with Crippen molar-refractivity contribution in [2.24, 2.45) is 5.73 Å². The number of nitrogens with one attached hydrogen (secondary N) is 2. The van der Waals surface area contributed by atoms with E-state index in [4.69, 9.17) is 10.5 Å². The summed E-state index contributed by atoms with van der Waals surface area (Å²) in [4.78, 5) is 7.67. The smallest absolute Gasteiger partial charge is 0.421 e. The summed E-state index contributed by atoms with van der Waals surface area (Å²) < 4.78 is 70.2. The summed E-state index contributed by atoms with van der Waals surface area (Å²) in [6.45, 7) is 0.919. The van der Waals surface area contributed by atoms with E-state index in [-0.39, 0.29) is 31.5 Å². The molecule has 0 saturated heterocycles. The number of ether oxygens (including phenoxy) is 1. The van der Waals surface area contributed by atoms with Crippen LogP contribution >= 0.6 is 0 Å². The van der Waals surface area contributed by atoms with Gasteiger partial charge in [0.15, 0.2) is 0 Å². The minimum atomic E-state index is -4.61. The monoisotopic (exact) mass is 446 g/mol. The molecular formula is C17H21F3N6O3S. The largest absolute Gasteiger partial charge is 0.489 e. The van der Waals surface area contributed by atoms with Gasteiger partial charge in [-0.25, -0.2) is 13.4 Å². The van der Waals surface area contributed by atoms with Gasteiger partial charge in [-0.05, 0) is 25.1 Å². The summed E-state index contributed by atoms with van der Waals surface area (Å²) in [5, 5.41) is 5.44. The zero-order valence-electron chi connectivity index (χ0n) is 16.0. The van der Waals surface area contributed by atoms with Gasteiger partial charge in [0, 0.05) is 24.5 Å². The number of halogens is 3. The molecule has 9 nitrogen and oxygen atoms in total. The number of anilines is 4. The molecule has 0 radical (unpaired) electrons. The lowest BCUT2D eigenvalue weighted by Crippen LogP contribution is -2.37. The van der Waals surface area contributed by atoms with Gasteiger partial charge in [-0.3, -0.25) is 4.31 Å². The Hall–Kier alpha value is -2.80. The summed E-state index contributed by atoms with van der Waals surface area (Å²) in [5.74, 6) is -0.0928. The Kier molecular flexibility index (Phi) is 6.22. The average Bonchev–Trinajstić information content (AvgIpc) is 2.66. The number of benzene rings is 1. The Morgan fingerprint density at radius 1 is 1.33 bits per heavy atom. The van der Waals surface area contributed by atoms with Crippen LogP contribution < -0.4 is 25.4 Å². The first-order valence-electron chi connectivity index (χ1n) is 8.99. The number of sulfonamides is 1. The Bertz CT molecular complexity index is 1020. The minimum Gasteiger partial charge on any atom is -0.489 e. The van der Waals surface area contributed by atoms with Crippen molar-refractivity contribution in [1.82, 2.24) is 9.97 Å². The maximum absolute atomic E-state index is 13.2. The second-order valence-electron chi connectivity index (χ2n) is 6.51. The zero-order chi connectivity index (χ0) is 21.9. The molecule has 2 heterocycles. The summed E-state index contributed by atoms with van der Waals surface area (Å²) >= 11 is 0. The Labute approximate surface area is 171 Å². The van der Waals surface area contributed by atoms with Gasteiger partial charge in [0.2, 0.25) is 16.0 Å². The van der Waals surface area contributed by atoms with E-state index in [9.17, 15) is 21.6 Å². The number of rotatable bonds is 7. The quantitative estimate of drug-likeness (QED) is 0.553. The molecule has 1 aromatic heterocycles.